The van der Waals surface area contributed by atoms with Crippen molar-refractivity contribution < 1.29 is 5.11 Å². The quantitative estimate of drug-likeness (QED) is 0.882. The Morgan fingerprint density at radius 2 is 1.92 bits per heavy atom. The summed E-state index contributed by atoms with van der Waals surface area (Å²) in [4.78, 5) is 2.42. The molecule has 1 aromatic heterocycles. The number of aliphatic hydroxyl groups is 1. The van der Waals surface area contributed by atoms with Crippen LogP contribution in [0.1, 0.15) is 43.9 Å². The van der Waals surface area contributed by atoms with Crippen molar-refractivity contribution >= 4 is 22.5 Å². The van der Waals surface area contributed by atoms with E-state index in [1.54, 1.807) is 0 Å². The van der Waals surface area contributed by atoms with Gasteiger partial charge in [-0.3, -0.25) is 0 Å². The molecule has 4 rings (SSSR count). The number of halogens is 1. The van der Waals surface area contributed by atoms with Crippen molar-refractivity contribution in [2.75, 3.05) is 19.6 Å². The highest BCUT2D eigenvalue weighted by Crippen LogP contribution is 2.35. The van der Waals surface area contributed by atoms with Gasteiger partial charge in [-0.2, -0.15) is 0 Å². The Labute approximate surface area is 155 Å². The number of nitrogens with zero attached hydrogens (tertiary/aromatic N) is 2. The molecule has 2 aromatic rings. The van der Waals surface area contributed by atoms with E-state index in [0.717, 1.165) is 48.9 Å². The fraction of sp³-hybridized carbons (Fsp3) is 0.619. The van der Waals surface area contributed by atoms with Crippen LogP contribution in [0.5, 0.6) is 0 Å². The lowest BCUT2D eigenvalue weighted by atomic mass is 9.95. The second kappa shape index (κ2) is 7.30. The van der Waals surface area contributed by atoms with Crippen molar-refractivity contribution in [3.63, 3.8) is 0 Å². The van der Waals surface area contributed by atoms with E-state index in [9.17, 15) is 5.11 Å². The van der Waals surface area contributed by atoms with Crippen LogP contribution in [0.2, 0.25) is 5.02 Å². The van der Waals surface area contributed by atoms with Crippen LogP contribution in [0.15, 0.2) is 18.2 Å². The van der Waals surface area contributed by atoms with Crippen molar-refractivity contribution in [3.8, 4) is 0 Å². The second-order valence-corrected chi connectivity index (χ2v) is 8.42. The van der Waals surface area contributed by atoms with Gasteiger partial charge in [0.2, 0.25) is 0 Å². The van der Waals surface area contributed by atoms with Crippen LogP contribution in [0.3, 0.4) is 0 Å². The molecule has 1 aromatic carbocycles. The van der Waals surface area contributed by atoms with Crippen LogP contribution in [-0.4, -0.2) is 40.3 Å². The number of rotatable bonds is 4. The molecule has 0 amide bonds. The minimum Gasteiger partial charge on any atom is -0.390 e. The molecule has 0 spiro atoms. The predicted octanol–water partition coefficient (Wildman–Crippen LogP) is 4.27. The molecule has 0 radical (unpaired) electrons. The molecule has 1 aliphatic heterocycles. The van der Waals surface area contributed by atoms with Crippen LogP contribution < -0.4 is 0 Å². The van der Waals surface area contributed by atoms with E-state index < -0.39 is 0 Å². The molecule has 2 heterocycles. The Morgan fingerprint density at radius 1 is 1.16 bits per heavy atom. The zero-order valence-electron chi connectivity index (χ0n) is 15.2. The molecular formula is C21H29ClN2O. The zero-order chi connectivity index (χ0) is 17.4. The Hall–Kier alpha value is -1.03. The molecule has 2 aliphatic rings. The lowest BCUT2D eigenvalue weighted by molar-refractivity contribution is 0.0804. The second-order valence-electron chi connectivity index (χ2n) is 8.02. The Morgan fingerprint density at radius 3 is 2.72 bits per heavy atom. The molecule has 0 unspecified atom stereocenters. The maximum absolute atomic E-state index is 10.8. The van der Waals surface area contributed by atoms with E-state index in [1.807, 2.05) is 6.07 Å². The van der Waals surface area contributed by atoms with Gasteiger partial charge in [-0.25, -0.2) is 0 Å². The zero-order valence-corrected chi connectivity index (χ0v) is 15.9. The number of β-amino-alcohol motifs (C(OH)–C–C–N with tert-alkyl or cyclic N) is 1. The Kier molecular flexibility index (Phi) is 5.08. The third kappa shape index (κ3) is 3.47. The first-order valence-electron chi connectivity index (χ1n) is 9.82. The van der Waals surface area contributed by atoms with E-state index in [2.05, 4.69) is 28.5 Å². The maximum Gasteiger partial charge on any atom is 0.0845 e. The van der Waals surface area contributed by atoms with E-state index in [4.69, 9.17) is 11.6 Å². The summed E-state index contributed by atoms with van der Waals surface area (Å²) in [5.41, 5.74) is 3.99. The van der Waals surface area contributed by atoms with Crippen LogP contribution in [-0.2, 0) is 19.4 Å². The summed E-state index contributed by atoms with van der Waals surface area (Å²) in [7, 11) is 0. The van der Waals surface area contributed by atoms with Gasteiger partial charge in [0.15, 0.2) is 0 Å². The number of para-hydroxylation sites is 1. The average Bonchev–Trinajstić information content (AvgIpc) is 2.93. The summed E-state index contributed by atoms with van der Waals surface area (Å²) in [6.07, 6.45) is 6.90. The van der Waals surface area contributed by atoms with Gasteiger partial charge in [0.05, 0.1) is 23.2 Å². The van der Waals surface area contributed by atoms with Gasteiger partial charge in [-0.15, -0.1) is 0 Å². The standard InChI is InChI=1S/C21H29ClN2O/c1-15-9-11-23(12-10-15)13-16(25)14-24-20-8-3-2-5-17(20)18-6-4-7-19(22)21(18)24/h4,6-7,15-16,25H,2-3,5,8-14H2,1H3/t16-/m0/s1. The van der Waals surface area contributed by atoms with E-state index in [0.29, 0.717) is 6.54 Å². The molecule has 25 heavy (non-hydrogen) atoms. The van der Waals surface area contributed by atoms with Gasteiger partial charge in [0.1, 0.15) is 0 Å². The highest BCUT2D eigenvalue weighted by molar-refractivity contribution is 6.35. The third-order valence-corrected chi connectivity index (χ3v) is 6.39. The minimum atomic E-state index is -0.341. The van der Waals surface area contributed by atoms with E-state index >= 15 is 0 Å². The monoisotopic (exact) mass is 360 g/mol. The van der Waals surface area contributed by atoms with Crippen molar-refractivity contribution in [3.05, 3.63) is 34.5 Å². The number of fused-ring (bicyclic) bond motifs is 3. The fourth-order valence-electron chi connectivity index (χ4n) is 4.66. The van der Waals surface area contributed by atoms with Gasteiger partial charge in [-0.05, 0) is 69.2 Å². The van der Waals surface area contributed by atoms with Crippen LogP contribution >= 0.6 is 11.6 Å². The van der Waals surface area contributed by atoms with E-state index in [-0.39, 0.29) is 6.10 Å². The number of aliphatic hydroxyl groups excluding tert-OH is 1. The molecule has 1 N–H and O–H groups in total. The highest BCUT2D eigenvalue weighted by Gasteiger charge is 2.24. The number of hydrogen-bond donors (Lipinski definition) is 1. The lowest BCUT2D eigenvalue weighted by Gasteiger charge is -2.32. The highest BCUT2D eigenvalue weighted by atomic mass is 35.5. The summed E-state index contributed by atoms with van der Waals surface area (Å²) >= 11 is 6.56. The predicted molar refractivity (Wildman–Crippen MR) is 104 cm³/mol. The largest absolute Gasteiger partial charge is 0.390 e. The normalized spacial score (nSPS) is 20.8. The third-order valence-electron chi connectivity index (χ3n) is 6.08. The molecule has 1 aliphatic carbocycles. The van der Waals surface area contributed by atoms with Gasteiger partial charge < -0.3 is 14.6 Å². The first-order chi connectivity index (χ1) is 12.1. The Balaban J connectivity index is 1.58. The molecule has 1 saturated heterocycles. The van der Waals surface area contributed by atoms with Crippen molar-refractivity contribution in [1.82, 2.24) is 9.47 Å². The number of benzene rings is 1. The van der Waals surface area contributed by atoms with Gasteiger partial charge in [0, 0.05) is 17.6 Å². The van der Waals surface area contributed by atoms with Crippen molar-refractivity contribution in [2.45, 2.75) is 58.1 Å². The fourth-order valence-corrected chi connectivity index (χ4v) is 4.93. The van der Waals surface area contributed by atoms with Crippen molar-refractivity contribution in [2.24, 2.45) is 5.92 Å². The minimum absolute atomic E-state index is 0.341. The summed E-state index contributed by atoms with van der Waals surface area (Å²) < 4.78 is 2.32. The maximum atomic E-state index is 10.8. The summed E-state index contributed by atoms with van der Waals surface area (Å²) in [6.45, 7) is 5.98. The first kappa shape index (κ1) is 17.4. The Bertz CT molecular complexity index is 746. The molecule has 4 heteroatoms. The average molecular weight is 361 g/mol. The number of piperidine rings is 1. The molecule has 136 valence electrons. The molecule has 0 saturated carbocycles. The SMILES string of the molecule is CC1CCN(C[C@H](O)Cn2c3c(c4cccc(Cl)c42)CCCC3)CC1. The summed E-state index contributed by atoms with van der Waals surface area (Å²) in [6, 6.07) is 6.22. The lowest BCUT2D eigenvalue weighted by Crippen LogP contribution is -2.39. The van der Waals surface area contributed by atoms with Gasteiger partial charge >= 0.3 is 0 Å². The van der Waals surface area contributed by atoms with E-state index in [1.165, 1.54) is 42.3 Å². The summed E-state index contributed by atoms with van der Waals surface area (Å²) in [5, 5.41) is 12.9. The first-order valence-corrected chi connectivity index (χ1v) is 10.2. The van der Waals surface area contributed by atoms with Gasteiger partial charge in [0.25, 0.3) is 0 Å². The molecule has 1 atom stereocenters. The van der Waals surface area contributed by atoms with Crippen LogP contribution in [0.4, 0.5) is 0 Å². The van der Waals surface area contributed by atoms with Crippen LogP contribution in [0.25, 0.3) is 10.9 Å². The molecule has 3 nitrogen and oxygen atoms in total. The molecule has 1 fully saturated rings. The number of aromatic nitrogens is 1. The van der Waals surface area contributed by atoms with Crippen molar-refractivity contribution in [1.29, 1.82) is 0 Å². The molecular weight excluding hydrogens is 332 g/mol. The molecule has 0 bridgehead atoms. The van der Waals surface area contributed by atoms with Gasteiger partial charge in [-0.1, -0.05) is 30.7 Å². The van der Waals surface area contributed by atoms with Crippen LogP contribution in [0, 0.1) is 5.92 Å². The topological polar surface area (TPSA) is 28.4 Å². The number of hydrogen-bond acceptors (Lipinski definition) is 2. The smallest absolute Gasteiger partial charge is 0.0845 e. The number of likely N-dealkylation sites (tertiary alicyclic amines) is 1. The number of aryl methyl sites for hydroxylation is 1. The summed E-state index contributed by atoms with van der Waals surface area (Å²) in [5.74, 6) is 0.826.